The average Bonchev–Trinajstić information content (AvgIpc) is 2.65. The van der Waals surface area contributed by atoms with Gasteiger partial charge < -0.3 is 20.4 Å². The van der Waals surface area contributed by atoms with Gasteiger partial charge in [-0.25, -0.2) is 0 Å². The summed E-state index contributed by atoms with van der Waals surface area (Å²) in [5.74, 6) is -7.13. The summed E-state index contributed by atoms with van der Waals surface area (Å²) < 4.78 is 0. The molecular weight excluding hydrogens is 368 g/mol. The van der Waals surface area contributed by atoms with Crippen LogP contribution in [0, 0.1) is 22.7 Å². The van der Waals surface area contributed by atoms with Gasteiger partial charge in [-0.05, 0) is 37.5 Å². The van der Waals surface area contributed by atoms with Gasteiger partial charge in [0.05, 0.1) is 23.7 Å². The first-order valence-corrected chi connectivity index (χ1v) is 10.1. The predicted molar refractivity (Wildman–Crippen MR) is 97.8 cm³/mol. The molecule has 2 fully saturated rings. The number of carboxylic acids is 4. The van der Waals surface area contributed by atoms with Crippen LogP contribution in [0.5, 0.6) is 0 Å². The Kier molecular flexibility index (Phi) is 7.06. The third kappa shape index (κ3) is 3.86. The zero-order valence-corrected chi connectivity index (χ0v) is 16.1. The maximum absolute atomic E-state index is 12.7. The summed E-state index contributed by atoms with van der Waals surface area (Å²) in [4.78, 5) is 49.0. The molecule has 2 rings (SSSR count). The molecule has 0 spiro atoms. The van der Waals surface area contributed by atoms with Crippen molar-refractivity contribution < 1.29 is 39.6 Å². The van der Waals surface area contributed by atoms with Gasteiger partial charge in [0, 0.05) is 0 Å². The third-order valence-electron chi connectivity index (χ3n) is 7.02. The number of hydrogen-bond acceptors (Lipinski definition) is 4. The van der Waals surface area contributed by atoms with Gasteiger partial charge in [-0.2, -0.15) is 0 Å². The molecule has 0 aliphatic heterocycles. The second-order valence-corrected chi connectivity index (χ2v) is 8.36. The highest BCUT2D eigenvalue weighted by Crippen LogP contribution is 2.60. The normalized spacial score (nSPS) is 23.3. The van der Waals surface area contributed by atoms with Crippen molar-refractivity contribution in [3.05, 3.63) is 0 Å². The van der Waals surface area contributed by atoms with Crippen LogP contribution in [0.15, 0.2) is 0 Å². The number of carboxylic acid groups (broad SMARTS) is 4. The fourth-order valence-electron chi connectivity index (χ4n) is 5.88. The first kappa shape index (κ1) is 22.2. The summed E-state index contributed by atoms with van der Waals surface area (Å²) in [5, 5.41) is 39.9. The second kappa shape index (κ2) is 8.92. The molecule has 2 aliphatic carbocycles. The van der Waals surface area contributed by atoms with E-state index in [0.29, 0.717) is 51.4 Å². The lowest BCUT2D eigenvalue weighted by Gasteiger charge is -2.53. The van der Waals surface area contributed by atoms with E-state index in [9.17, 15) is 39.6 Å². The second-order valence-electron chi connectivity index (χ2n) is 8.36. The van der Waals surface area contributed by atoms with E-state index in [0.717, 1.165) is 12.8 Å². The molecule has 8 heteroatoms. The lowest BCUT2D eigenvalue weighted by atomic mass is 9.46. The number of carbonyl (C=O) groups is 4. The quantitative estimate of drug-likeness (QED) is 0.462. The molecule has 2 atom stereocenters. The highest BCUT2D eigenvalue weighted by Gasteiger charge is 2.68. The lowest BCUT2D eigenvalue weighted by molar-refractivity contribution is -0.199. The van der Waals surface area contributed by atoms with Gasteiger partial charge in [-0.1, -0.05) is 38.5 Å². The Morgan fingerprint density at radius 1 is 0.571 bits per heavy atom. The zero-order chi connectivity index (χ0) is 20.9. The van der Waals surface area contributed by atoms with Crippen LogP contribution in [0.3, 0.4) is 0 Å². The van der Waals surface area contributed by atoms with Crippen molar-refractivity contribution in [1.29, 1.82) is 0 Å². The molecule has 0 saturated heterocycles. The molecule has 0 aromatic heterocycles. The summed E-state index contributed by atoms with van der Waals surface area (Å²) in [6, 6.07) is 0. The monoisotopic (exact) mass is 398 g/mol. The Bertz CT molecular complexity index is 564. The molecule has 0 heterocycles. The van der Waals surface area contributed by atoms with E-state index < -0.39 is 59.4 Å². The van der Waals surface area contributed by atoms with E-state index in [-0.39, 0.29) is 0 Å². The molecule has 0 aromatic rings. The molecular formula is C20H30O8. The van der Waals surface area contributed by atoms with Crippen LogP contribution >= 0.6 is 0 Å². The van der Waals surface area contributed by atoms with Crippen LogP contribution in [0.1, 0.15) is 77.0 Å². The van der Waals surface area contributed by atoms with Crippen molar-refractivity contribution in [3.8, 4) is 0 Å². The van der Waals surface area contributed by atoms with Crippen molar-refractivity contribution in [2.45, 2.75) is 77.0 Å². The van der Waals surface area contributed by atoms with E-state index in [4.69, 9.17) is 0 Å². The molecule has 0 aromatic carbocycles. The maximum Gasteiger partial charge on any atom is 0.311 e. The topological polar surface area (TPSA) is 149 Å². The SMILES string of the molecule is O=C(O)CC(C(=O)O)(C1CCCCC1)C(CC(=O)O)(C(=O)O)C1CCCCC1. The van der Waals surface area contributed by atoms with Crippen LogP contribution in [-0.2, 0) is 19.2 Å². The summed E-state index contributed by atoms with van der Waals surface area (Å²) in [5.41, 5.74) is -4.29. The highest BCUT2D eigenvalue weighted by atomic mass is 16.4. The number of aliphatic carboxylic acids is 4. The van der Waals surface area contributed by atoms with E-state index in [1.807, 2.05) is 0 Å². The molecule has 0 bridgehead atoms. The zero-order valence-electron chi connectivity index (χ0n) is 16.1. The van der Waals surface area contributed by atoms with E-state index in [2.05, 4.69) is 0 Å². The minimum absolute atomic E-state index is 0.404. The van der Waals surface area contributed by atoms with E-state index >= 15 is 0 Å². The minimum Gasteiger partial charge on any atom is -0.481 e. The standard InChI is InChI=1S/C20H30O8/c21-15(22)11-19(17(25)26,13-7-3-1-4-8-13)20(18(27)28,12-16(23)24)14-9-5-2-6-10-14/h13-14H,1-12H2,(H,21,22)(H,23,24)(H,25,26)(H,27,28). The third-order valence-corrected chi connectivity index (χ3v) is 7.02. The van der Waals surface area contributed by atoms with Crippen molar-refractivity contribution in [2.24, 2.45) is 22.7 Å². The predicted octanol–water partition coefficient (Wildman–Crippen LogP) is 3.24. The van der Waals surface area contributed by atoms with Crippen LogP contribution in [0.2, 0.25) is 0 Å². The van der Waals surface area contributed by atoms with Crippen molar-refractivity contribution in [3.63, 3.8) is 0 Å². The van der Waals surface area contributed by atoms with Crippen LogP contribution in [0.4, 0.5) is 0 Å². The highest BCUT2D eigenvalue weighted by molar-refractivity contribution is 5.93. The molecule has 0 radical (unpaired) electrons. The summed E-state index contributed by atoms with van der Waals surface area (Å²) >= 11 is 0. The van der Waals surface area contributed by atoms with Crippen molar-refractivity contribution >= 4 is 23.9 Å². The fraction of sp³-hybridized carbons (Fsp3) is 0.800. The Hall–Kier alpha value is -2.12. The van der Waals surface area contributed by atoms with Gasteiger partial charge in [0.15, 0.2) is 0 Å². The van der Waals surface area contributed by atoms with E-state index in [1.54, 1.807) is 0 Å². The van der Waals surface area contributed by atoms with Crippen LogP contribution in [0.25, 0.3) is 0 Å². The Labute approximate surface area is 163 Å². The maximum atomic E-state index is 12.7. The Balaban J connectivity index is 2.77. The summed E-state index contributed by atoms with van der Waals surface area (Å²) in [6.45, 7) is 0. The number of hydrogen-bond donors (Lipinski definition) is 4. The molecule has 2 aliphatic rings. The lowest BCUT2D eigenvalue weighted by Crippen LogP contribution is -2.62. The summed E-state index contributed by atoms with van der Waals surface area (Å²) in [7, 11) is 0. The molecule has 0 amide bonds. The van der Waals surface area contributed by atoms with Gasteiger partial charge in [0.25, 0.3) is 0 Å². The first-order chi connectivity index (χ1) is 13.2. The van der Waals surface area contributed by atoms with Gasteiger partial charge in [-0.15, -0.1) is 0 Å². The molecule has 28 heavy (non-hydrogen) atoms. The Morgan fingerprint density at radius 2 is 0.857 bits per heavy atom. The van der Waals surface area contributed by atoms with Gasteiger partial charge in [-0.3, -0.25) is 19.2 Å². The largest absolute Gasteiger partial charge is 0.481 e. The van der Waals surface area contributed by atoms with Gasteiger partial charge >= 0.3 is 23.9 Å². The van der Waals surface area contributed by atoms with Crippen LogP contribution in [-0.4, -0.2) is 44.3 Å². The Morgan fingerprint density at radius 3 is 1.07 bits per heavy atom. The molecule has 4 N–H and O–H groups in total. The van der Waals surface area contributed by atoms with Crippen molar-refractivity contribution in [2.75, 3.05) is 0 Å². The molecule has 158 valence electrons. The molecule has 2 unspecified atom stereocenters. The van der Waals surface area contributed by atoms with E-state index in [1.165, 1.54) is 0 Å². The minimum atomic E-state index is -2.15. The van der Waals surface area contributed by atoms with Crippen molar-refractivity contribution in [1.82, 2.24) is 0 Å². The molecule has 2 saturated carbocycles. The number of rotatable bonds is 9. The fourth-order valence-corrected chi connectivity index (χ4v) is 5.88. The van der Waals surface area contributed by atoms with Crippen LogP contribution < -0.4 is 0 Å². The molecule has 8 nitrogen and oxygen atoms in total. The summed E-state index contributed by atoms with van der Waals surface area (Å²) in [6.07, 6.45) is 4.37. The first-order valence-electron chi connectivity index (χ1n) is 10.1. The average molecular weight is 398 g/mol. The van der Waals surface area contributed by atoms with Gasteiger partial charge in [0.2, 0.25) is 0 Å². The smallest absolute Gasteiger partial charge is 0.311 e. The van der Waals surface area contributed by atoms with Gasteiger partial charge in [0.1, 0.15) is 0 Å².